The van der Waals surface area contributed by atoms with Gasteiger partial charge >= 0.3 is 0 Å². The molecule has 0 saturated carbocycles. The fourth-order valence-electron chi connectivity index (χ4n) is 0.858. The highest BCUT2D eigenvalue weighted by Gasteiger charge is 2.14. The van der Waals surface area contributed by atoms with Crippen molar-refractivity contribution in [1.82, 2.24) is 0 Å². The first-order valence-corrected chi connectivity index (χ1v) is 4.89. The van der Waals surface area contributed by atoms with Crippen molar-refractivity contribution in [3.8, 4) is 0 Å². The Labute approximate surface area is 81.6 Å². The standard InChI is InChI=1S/C10H23NO2/c1-10(2,9-11)5-8-13-7-4-6-12-3/h4-9,11H2,1-3H3. The third-order valence-electron chi connectivity index (χ3n) is 2.11. The van der Waals surface area contributed by atoms with Crippen LogP contribution in [0.25, 0.3) is 0 Å². The summed E-state index contributed by atoms with van der Waals surface area (Å²) in [5.74, 6) is 0. The molecule has 0 aromatic rings. The first-order valence-electron chi connectivity index (χ1n) is 4.89. The van der Waals surface area contributed by atoms with Gasteiger partial charge < -0.3 is 15.2 Å². The number of ether oxygens (including phenoxy) is 2. The molecule has 0 bridgehead atoms. The molecule has 0 aromatic heterocycles. The maximum absolute atomic E-state index is 5.59. The smallest absolute Gasteiger partial charge is 0.0487 e. The van der Waals surface area contributed by atoms with Gasteiger partial charge in [0.25, 0.3) is 0 Å². The summed E-state index contributed by atoms with van der Waals surface area (Å²) in [7, 11) is 1.71. The van der Waals surface area contributed by atoms with Crippen LogP contribution in [-0.2, 0) is 9.47 Å². The van der Waals surface area contributed by atoms with Crippen LogP contribution in [-0.4, -0.2) is 33.5 Å². The lowest BCUT2D eigenvalue weighted by Gasteiger charge is -2.21. The van der Waals surface area contributed by atoms with Gasteiger partial charge in [0.2, 0.25) is 0 Å². The molecular formula is C10H23NO2. The molecule has 0 saturated heterocycles. The lowest BCUT2D eigenvalue weighted by molar-refractivity contribution is 0.0844. The highest BCUT2D eigenvalue weighted by Crippen LogP contribution is 2.17. The van der Waals surface area contributed by atoms with Crippen LogP contribution >= 0.6 is 0 Å². The van der Waals surface area contributed by atoms with E-state index < -0.39 is 0 Å². The van der Waals surface area contributed by atoms with Gasteiger partial charge in [0.05, 0.1) is 0 Å². The van der Waals surface area contributed by atoms with Gasteiger partial charge in [0, 0.05) is 26.9 Å². The van der Waals surface area contributed by atoms with Crippen molar-refractivity contribution in [2.75, 3.05) is 33.5 Å². The molecule has 0 aliphatic rings. The largest absolute Gasteiger partial charge is 0.385 e. The molecule has 0 aromatic carbocycles. The van der Waals surface area contributed by atoms with Crippen molar-refractivity contribution in [3.05, 3.63) is 0 Å². The molecule has 13 heavy (non-hydrogen) atoms. The lowest BCUT2D eigenvalue weighted by Crippen LogP contribution is -2.25. The van der Waals surface area contributed by atoms with E-state index in [4.69, 9.17) is 15.2 Å². The van der Waals surface area contributed by atoms with Crippen LogP contribution in [0, 0.1) is 5.41 Å². The summed E-state index contributed by atoms with van der Waals surface area (Å²) in [4.78, 5) is 0. The number of nitrogens with two attached hydrogens (primary N) is 1. The number of hydrogen-bond donors (Lipinski definition) is 1. The van der Waals surface area contributed by atoms with E-state index in [1.54, 1.807) is 7.11 Å². The van der Waals surface area contributed by atoms with E-state index in [0.717, 1.165) is 32.7 Å². The summed E-state index contributed by atoms with van der Waals surface area (Å²) in [6.45, 7) is 7.40. The van der Waals surface area contributed by atoms with E-state index in [2.05, 4.69) is 13.8 Å². The predicted octanol–water partition coefficient (Wildman–Crippen LogP) is 1.41. The second-order valence-electron chi connectivity index (χ2n) is 4.08. The molecule has 0 fully saturated rings. The van der Waals surface area contributed by atoms with Crippen molar-refractivity contribution in [2.45, 2.75) is 26.7 Å². The van der Waals surface area contributed by atoms with Crippen molar-refractivity contribution in [3.63, 3.8) is 0 Å². The van der Waals surface area contributed by atoms with Gasteiger partial charge in [-0.15, -0.1) is 0 Å². The molecule has 3 heteroatoms. The third-order valence-corrected chi connectivity index (χ3v) is 2.11. The summed E-state index contributed by atoms with van der Waals surface area (Å²) >= 11 is 0. The van der Waals surface area contributed by atoms with Gasteiger partial charge in [-0.05, 0) is 24.8 Å². The quantitative estimate of drug-likeness (QED) is 0.587. The lowest BCUT2D eigenvalue weighted by atomic mass is 9.90. The summed E-state index contributed by atoms with van der Waals surface area (Å²) in [6, 6.07) is 0. The monoisotopic (exact) mass is 189 g/mol. The Hall–Kier alpha value is -0.120. The van der Waals surface area contributed by atoms with Crippen LogP contribution in [0.2, 0.25) is 0 Å². The molecule has 2 N–H and O–H groups in total. The van der Waals surface area contributed by atoms with E-state index in [9.17, 15) is 0 Å². The zero-order valence-corrected chi connectivity index (χ0v) is 9.14. The van der Waals surface area contributed by atoms with Crippen molar-refractivity contribution < 1.29 is 9.47 Å². The van der Waals surface area contributed by atoms with Crippen LogP contribution in [0.5, 0.6) is 0 Å². The van der Waals surface area contributed by atoms with Gasteiger partial charge in [0.15, 0.2) is 0 Å². The molecule has 0 spiro atoms. The summed E-state index contributed by atoms with van der Waals surface area (Å²) in [6.07, 6.45) is 2.00. The Balaban J connectivity index is 3.16. The van der Waals surface area contributed by atoms with Crippen LogP contribution in [0.15, 0.2) is 0 Å². The van der Waals surface area contributed by atoms with Gasteiger partial charge in [0.1, 0.15) is 0 Å². The van der Waals surface area contributed by atoms with E-state index >= 15 is 0 Å². The van der Waals surface area contributed by atoms with Gasteiger partial charge in [-0.2, -0.15) is 0 Å². The minimum Gasteiger partial charge on any atom is -0.385 e. The van der Waals surface area contributed by atoms with Gasteiger partial charge in [-0.25, -0.2) is 0 Å². The average molecular weight is 189 g/mol. The Morgan fingerprint density at radius 1 is 1.15 bits per heavy atom. The number of rotatable bonds is 8. The normalized spacial score (nSPS) is 12.0. The molecular weight excluding hydrogens is 166 g/mol. The Kier molecular flexibility index (Phi) is 7.23. The van der Waals surface area contributed by atoms with Crippen molar-refractivity contribution >= 4 is 0 Å². The van der Waals surface area contributed by atoms with Crippen LogP contribution in [0.3, 0.4) is 0 Å². The van der Waals surface area contributed by atoms with Gasteiger partial charge in [-0.1, -0.05) is 13.8 Å². The SMILES string of the molecule is COCCCOCCC(C)(C)CN. The minimum absolute atomic E-state index is 0.210. The summed E-state index contributed by atoms with van der Waals surface area (Å²) in [5, 5.41) is 0. The average Bonchev–Trinajstić information content (AvgIpc) is 2.11. The Morgan fingerprint density at radius 2 is 1.85 bits per heavy atom. The number of methoxy groups -OCH3 is 1. The van der Waals surface area contributed by atoms with Crippen molar-refractivity contribution in [2.24, 2.45) is 11.1 Å². The molecule has 0 unspecified atom stereocenters. The highest BCUT2D eigenvalue weighted by atomic mass is 16.5. The maximum Gasteiger partial charge on any atom is 0.0487 e. The second kappa shape index (κ2) is 7.30. The number of hydrogen-bond acceptors (Lipinski definition) is 3. The van der Waals surface area contributed by atoms with E-state index in [-0.39, 0.29) is 5.41 Å². The van der Waals surface area contributed by atoms with E-state index in [0.29, 0.717) is 6.54 Å². The zero-order chi connectivity index (χ0) is 10.2. The highest BCUT2D eigenvalue weighted by molar-refractivity contribution is 4.68. The van der Waals surface area contributed by atoms with Gasteiger partial charge in [-0.3, -0.25) is 0 Å². The van der Waals surface area contributed by atoms with Crippen LogP contribution in [0.4, 0.5) is 0 Å². The Morgan fingerprint density at radius 3 is 2.38 bits per heavy atom. The molecule has 0 radical (unpaired) electrons. The third kappa shape index (κ3) is 8.22. The fourth-order valence-corrected chi connectivity index (χ4v) is 0.858. The molecule has 0 aliphatic heterocycles. The summed E-state index contributed by atoms with van der Waals surface area (Å²) < 4.78 is 10.3. The predicted molar refractivity (Wildman–Crippen MR) is 54.8 cm³/mol. The minimum atomic E-state index is 0.210. The molecule has 0 amide bonds. The van der Waals surface area contributed by atoms with Crippen molar-refractivity contribution in [1.29, 1.82) is 0 Å². The second-order valence-corrected chi connectivity index (χ2v) is 4.08. The van der Waals surface area contributed by atoms with Crippen LogP contribution < -0.4 is 5.73 Å². The molecule has 0 aliphatic carbocycles. The van der Waals surface area contributed by atoms with E-state index in [1.165, 1.54) is 0 Å². The van der Waals surface area contributed by atoms with Crippen LogP contribution in [0.1, 0.15) is 26.7 Å². The molecule has 0 atom stereocenters. The first kappa shape index (κ1) is 12.9. The maximum atomic E-state index is 5.59. The molecule has 0 rings (SSSR count). The molecule has 80 valence electrons. The summed E-state index contributed by atoms with van der Waals surface area (Å²) in [5.41, 5.74) is 5.80. The fraction of sp³-hybridized carbons (Fsp3) is 1.00. The first-order chi connectivity index (χ1) is 6.12. The topological polar surface area (TPSA) is 44.5 Å². The molecule has 3 nitrogen and oxygen atoms in total. The Bertz CT molecular complexity index is 115. The molecule has 0 heterocycles. The van der Waals surface area contributed by atoms with E-state index in [1.807, 2.05) is 0 Å². The zero-order valence-electron chi connectivity index (χ0n) is 9.14.